The number of pyridine rings is 1. The van der Waals surface area contributed by atoms with Gasteiger partial charge in [0.05, 0.1) is 5.69 Å². The first-order valence-electron chi connectivity index (χ1n) is 10.4. The van der Waals surface area contributed by atoms with Gasteiger partial charge in [-0.3, -0.25) is 13.6 Å². The van der Waals surface area contributed by atoms with E-state index in [0.717, 1.165) is 48.2 Å². The fourth-order valence-corrected chi connectivity index (χ4v) is 4.20. The predicted octanol–water partition coefficient (Wildman–Crippen LogP) is 4.24. The van der Waals surface area contributed by atoms with Crippen LogP contribution in [0.25, 0.3) is 5.65 Å². The first kappa shape index (κ1) is 20.4. The van der Waals surface area contributed by atoms with Crippen LogP contribution in [0.4, 0.5) is 10.2 Å². The molecule has 4 rings (SSSR count). The average Bonchev–Trinajstić information content (AvgIpc) is 3.15. The van der Waals surface area contributed by atoms with Gasteiger partial charge in [-0.05, 0) is 63.3 Å². The Bertz CT molecular complexity index is 1060. The molecule has 2 N–H and O–H groups in total. The Morgan fingerprint density at radius 3 is 2.60 bits per heavy atom. The third-order valence-electron chi connectivity index (χ3n) is 5.83. The number of halogens is 1. The summed E-state index contributed by atoms with van der Waals surface area (Å²) in [6.45, 7) is 4.00. The van der Waals surface area contributed by atoms with Crippen molar-refractivity contribution < 1.29 is 9.18 Å². The molecular weight excluding hydrogens is 378 g/mol. The maximum atomic E-state index is 13.4. The van der Waals surface area contributed by atoms with Gasteiger partial charge in [0.2, 0.25) is 0 Å². The molecule has 1 amide bonds. The second kappa shape index (κ2) is 8.50. The van der Waals surface area contributed by atoms with Crippen molar-refractivity contribution in [1.82, 2.24) is 14.7 Å². The molecule has 1 fully saturated rings. The van der Waals surface area contributed by atoms with Crippen molar-refractivity contribution in [3.05, 3.63) is 65.0 Å². The van der Waals surface area contributed by atoms with Crippen LogP contribution in [0.3, 0.4) is 0 Å². The smallest absolute Gasteiger partial charge is 0.251 e. The lowest BCUT2D eigenvalue weighted by molar-refractivity contribution is 0.0926. The zero-order chi connectivity index (χ0) is 21.3. The van der Waals surface area contributed by atoms with Gasteiger partial charge >= 0.3 is 0 Å². The summed E-state index contributed by atoms with van der Waals surface area (Å²) in [7, 11) is 5.33. The van der Waals surface area contributed by atoms with E-state index in [0.29, 0.717) is 5.65 Å². The summed E-state index contributed by atoms with van der Waals surface area (Å²) in [6, 6.07) is 12.1. The van der Waals surface area contributed by atoms with Gasteiger partial charge in [0.25, 0.3) is 5.91 Å². The lowest BCUT2D eigenvalue weighted by Gasteiger charge is -2.30. The second-order valence-electron chi connectivity index (χ2n) is 8.19. The lowest BCUT2D eigenvalue weighted by Crippen LogP contribution is -2.40. The minimum Gasteiger partial charge on any atom is -0.368 e. The number of fused-ring (bicyclic) bond motifs is 1. The molecular formula is C23H26BFN4O. The van der Waals surface area contributed by atoms with Crippen molar-refractivity contribution >= 4 is 25.2 Å². The summed E-state index contributed by atoms with van der Waals surface area (Å²) in [4.78, 5) is 16.9. The Kier molecular flexibility index (Phi) is 5.79. The van der Waals surface area contributed by atoms with Crippen molar-refractivity contribution in [3.63, 3.8) is 0 Å². The van der Waals surface area contributed by atoms with Gasteiger partial charge in [-0.1, -0.05) is 23.8 Å². The number of alkyl halides is 1. The van der Waals surface area contributed by atoms with E-state index >= 15 is 0 Å². The molecule has 2 aromatic heterocycles. The van der Waals surface area contributed by atoms with Crippen molar-refractivity contribution in [2.24, 2.45) is 0 Å². The highest BCUT2D eigenvalue weighted by molar-refractivity contribution is 6.11. The molecule has 0 bridgehead atoms. The number of rotatable bonds is 5. The van der Waals surface area contributed by atoms with E-state index in [9.17, 15) is 9.18 Å². The van der Waals surface area contributed by atoms with E-state index in [-0.39, 0.29) is 23.7 Å². The van der Waals surface area contributed by atoms with Crippen LogP contribution in [0.5, 0.6) is 0 Å². The Morgan fingerprint density at radius 2 is 1.90 bits per heavy atom. The van der Waals surface area contributed by atoms with E-state index < -0.39 is 6.07 Å². The first-order chi connectivity index (χ1) is 14.4. The maximum Gasteiger partial charge on any atom is 0.251 e. The number of carbonyl (C=O) groups is 1. The van der Waals surface area contributed by atoms with Gasteiger partial charge < -0.3 is 10.6 Å². The molecule has 0 saturated heterocycles. The molecule has 1 aliphatic rings. The van der Waals surface area contributed by atoms with Gasteiger partial charge in [-0.25, -0.2) is 4.98 Å². The van der Waals surface area contributed by atoms with Crippen molar-refractivity contribution in [3.8, 4) is 0 Å². The minimum atomic E-state index is -1.59. The lowest BCUT2D eigenvalue weighted by atomic mass is 9.90. The van der Waals surface area contributed by atoms with Crippen LogP contribution in [0, 0.1) is 13.8 Å². The topological polar surface area (TPSA) is 58.4 Å². The molecule has 1 aliphatic carbocycles. The number of hydrogen-bond donors (Lipinski definition) is 2. The van der Waals surface area contributed by atoms with Crippen LogP contribution >= 0.6 is 0 Å². The van der Waals surface area contributed by atoms with Crippen LogP contribution < -0.4 is 10.6 Å². The van der Waals surface area contributed by atoms with Crippen molar-refractivity contribution in [1.29, 1.82) is 0 Å². The molecule has 3 aromatic rings. The summed E-state index contributed by atoms with van der Waals surface area (Å²) in [6.07, 6.45) is 3.76. The molecule has 1 saturated carbocycles. The molecule has 5 nitrogen and oxygen atoms in total. The van der Waals surface area contributed by atoms with Gasteiger partial charge in [-0.15, -0.1) is 0 Å². The number of nitrogens with one attached hydrogen (secondary N) is 2. The highest BCUT2D eigenvalue weighted by atomic mass is 19.1. The SMILES string of the molecule is [B]C(F)c1cn2c(NC3CCC(NC(=O)c4ccc(C)cc4C)CC3)cccc2n1. The highest BCUT2D eigenvalue weighted by Gasteiger charge is 2.24. The summed E-state index contributed by atoms with van der Waals surface area (Å²) < 4.78 is 15.3. The van der Waals surface area contributed by atoms with Gasteiger partial charge in [0.1, 0.15) is 25.4 Å². The minimum absolute atomic E-state index is 0.00202. The number of benzene rings is 1. The molecule has 7 heteroatoms. The average molecular weight is 404 g/mol. The van der Waals surface area contributed by atoms with Crippen molar-refractivity contribution in [2.75, 3.05) is 5.32 Å². The zero-order valence-corrected chi connectivity index (χ0v) is 17.4. The third-order valence-corrected chi connectivity index (χ3v) is 5.83. The Morgan fingerprint density at radius 1 is 1.17 bits per heavy atom. The molecule has 2 radical (unpaired) electrons. The van der Waals surface area contributed by atoms with E-state index in [1.807, 2.05) is 54.6 Å². The summed E-state index contributed by atoms with van der Waals surface area (Å²) in [5.41, 5.74) is 3.79. The zero-order valence-electron chi connectivity index (χ0n) is 17.4. The molecule has 2 heterocycles. The van der Waals surface area contributed by atoms with E-state index in [1.54, 1.807) is 6.20 Å². The first-order valence-corrected chi connectivity index (χ1v) is 10.4. The number of aromatic nitrogens is 2. The molecule has 1 atom stereocenters. The largest absolute Gasteiger partial charge is 0.368 e. The number of nitrogens with zero attached hydrogens (tertiary/aromatic N) is 2. The van der Waals surface area contributed by atoms with Crippen molar-refractivity contribution in [2.45, 2.75) is 57.7 Å². The monoisotopic (exact) mass is 404 g/mol. The number of anilines is 1. The highest BCUT2D eigenvalue weighted by Crippen LogP contribution is 2.24. The molecule has 30 heavy (non-hydrogen) atoms. The fraction of sp³-hybridized carbons (Fsp3) is 0.391. The molecule has 0 spiro atoms. The summed E-state index contributed by atoms with van der Waals surface area (Å²) in [5.74, 6) is 0.872. The predicted molar refractivity (Wildman–Crippen MR) is 118 cm³/mol. The number of aryl methyl sites for hydroxylation is 2. The third kappa shape index (κ3) is 4.35. The Labute approximate surface area is 177 Å². The van der Waals surface area contributed by atoms with Crippen LogP contribution in [-0.2, 0) is 0 Å². The van der Waals surface area contributed by atoms with Crippen LogP contribution in [0.2, 0.25) is 0 Å². The number of amides is 1. The van der Waals surface area contributed by atoms with E-state index in [2.05, 4.69) is 15.6 Å². The van der Waals surface area contributed by atoms with Crippen LogP contribution in [-0.4, -0.2) is 35.2 Å². The van der Waals surface area contributed by atoms with E-state index in [1.165, 1.54) is 0 Å². The van der Waals surface area contributed by atoms with Gasteiger partial charge in [0.15, 0.2) is 0 Å². The molecule has 154 valence electrons. The molecule has 0 aliphatic heterocycles. The Balaban J connectivity index is 1.36. The molecule has 1 unspecified atom stereocenters. The second-order valence-corrected chi connectivity index (χ2v) is 8.19. The maximum absolute atomic E-state index is 13.4. The van der Waals surface area contributed by atoms with Gasteiger partial charge in [-0.2, -0.15) is 0 Å². The summed E-state index contributed by atoms with van der Waals surface area (Å²) in [5, 5.41) is 6.73. The van der Waals surface area contributed by atoms with Crippen LogP contribution in [0.1, 0.15) is 58.9 Å². The number of hydrogen-bond acceptors (Lipinski definition) is 3. The quantitative estimate of drug-likeness (QED) is 0.626. The van der Waals surface area contributed by atoms with Crippen LogP contribution in [0.15, 0.2) is 42.6 Å². The Hall–Kier alpha value is -2.83. The van der Waals surface area contributed by atoms with E-state index in [4.69, 9.17) is 7.85 Å². The fourth-order valence-electron chi connectivity index (χ4n) is 4.20. The van der Waals surface area contributed by atoms with Gasteiger partial charge in [0, 0.05) is 23.8 Å². The molecule has 1 aromatic carbocycles. The summed E-state index contributed by atoms with van der Waals surface area (Å²) >= 11 is 0. The standard InChI is InChI=1S/C23H26BFN4O/c1-14-6-11-18(15(2)12-14)23(30)27-17-9-7-16(8-10-17)26-20-4-3-5-21-28-19(22(24)25)13-29(20)21/h3-6,11-13,16-17,22,26H,7-10H2,1-2H3,(H,27,30). The number of imidazole rings is 1. The normalized spacial score (nSPS) is 20.1. The number of carbonyl (C=O) groups excluding carboxylic acids is 1.